The molecular weight excluding hydrogens is 352 g/mol. The Kier molecular flexibility index (Phi) is 6.65. The number of carbonyl (C=O) groups excluding carboxylic acids is 2. The third-order valence-corrected chi connectivity index (χ3v) is 3.54. The van der Waals surface area contributed by atoms with Crippen molar-refractivity contribution < 1.29 is 24.0 Å². The normalized spacial score (nSPS) is 11.6. The second kappa shape index (κ2) is 9.14. The van der Waals surface area contributed by atoms with E-state index in [0.29, 0.717) is 17.0 Å². The predicted octanol–water partition coefficient (Wildman–Crippen LogP) is 3.19. The molecule has 0 radical (unpaired) electrons. The first kappa shape index (κ1) is 19.6. The van der Waals surface area contributed by atoms with Crippen molar-refractivity contribution in [2.24, 2.45) is 0 Å². The van der Waals surface area contributed by atoms with Gasteiger partial charge < -0.3 is 14.8 Å². The molecule has 0 aliphatic carbocycles. The van der Waals surface area contributed by atoms with Crippen molar-refractivity contribution in [1.82, 2.24) is 0 Å². The molecule has 0 saturated carbocycles. The fourth-order valence-electron chi connectivity index (χ4n) is 2.12. The van der Waals surface area contributed by atoms with E-state index in [2.05, 4.69) is 5.32 Å². The van der Waals surface area contributed by atoms with Crippen LogP contribution in [0.25, 0.3) is 6.08 Å². The fourth-order valence-corrected chi connectivity index (χ4v) is 2.12. The Hall–Kier alpha value is -3.68. The first-order valence-electron chi connectivity index (χ1n) is 7.97. The minimum atomic E-state index is -1.02. The molecule has 2 aromatic carbocycles. The number of nitrogens with one attached hydrogen (secondary N) is 1. The number of ether oxygens (including phenoxy) is 2. The number of rotatable bonds is 7. The van der Waals surface area contributed by atoms with Crippen LogP contribution < -0.4 is 10.1 Å². The van der Waals surface area contributed by atoms with Crippen molar-refractivity contribution >= 4 is 29.3 Å². The maximum Gasteiger partial charge on any atom is 0.331 e. The predicted molar refractivity (Wildman–Crippen MR) is 99.3 cm³/mol. The summed E-state index contributed by atoms with van der Waals surface area (Å²) in [5.41, 5.74) is 1.01. The number of nitro groups is 1. The lowest BCUT2D eigenvalue weighted by Crippen LogP contribution is -2.29. The number of hydrogen-bond donors (Lipinski definition) is 1. The van der Waals surface area contributed by atoms with Crippen LogP contribution in [0, 0.1) is 10.1 Å². The Morgan fingerprint density at radius 1 is 1.15 bits per heavy atom. The third-order valence-electron chi connectivity index (χ3n) is 3.54. The molecule has 27 heavy (non-hydrogen) atoms. The summed E-state index contributed by atoms with van der Waals surface area (Å²) in [6.07, 6.45) is 1.56. The van der Waals surface area contributed by atoms with E-state index in [9.17, 15) is 19.7 Å². The number of carbonyl (C=O) groups is 2. The van der Waals surface area contributed by atoms with Crippen LogP contribution in [0.4, 0.5) is 11.4 Å². The number of para-hydroxylation sites is 2. The molecule has 0 aliphatic heterocycles. The summed E-state index contributed by atoms with van der Waals surface area (Å²) in [4.78, 5) is 34.1. The third kappa shape index (κ3) is 5.67. The number of benzene rings is 2. The highest BCUT2D eigenvalue weighted by Crippen LogP contribution is 2.23. The highest BCUT2D eigenvalue weighted by molar-refractivity contribution is 5.97. The van der Waals surface area contributed by atoms with Gasteiger partial charge in [-0.3, -0.25) is 14.9 Å². The first-order valence-corrected chi connectivity index (χ1v) is 7.97. The fraction of sp³-hybridized carbons (Fsp3) is 0.158. The molecule has 0 fully saturated rings. The van der Waals surface area contributed by atoms with E-state index in [1.165, 1.54) is 44.4 Å². The average molecular weight is 370 g/mol. The van der Waals surface area contributed by atoms with Gasteiger partial charge in [0.2, 0.25) is 0 Å². The molecule has 0 spiro atoms. The highest BCUT2D eigenvalue weighted by atomic mass is 16.6. The van der Waals surface area contributed by atoms with Crippen molar-refractivity contribution in [3.8, 4) is 5.75 Å². The number of nitrogens with zero attached hydrogens (tertiary/aromatic N) is 1. The summed E-state index contributed by atoms with van der Waals surface area (Å²) < 4.78 is 10.2. The second-order valence-electron chi connectivity index (χ2n) is 5.45. The van der Waals surface area contributed by atoms with E-state index in [0.717, 1.165) is 6.08 Å². The van der Waals surface area contributed by atoms with Crippen molar-refractivity contribution in [1.29, 1.82) is 0 Å². The van der Waals surface area contributed by atoms with Crippen molar-refractivity contribution in [3.63, 3.8) is 0 Å². The van der Waals surface area contributed by atoms with Gasteiger partial charge in [0.1, 0.15) is 5.75 Å². The first-order chi connectivity index (χ1) is 12.9. The minimum absolute atomic E-state index is 0.0450. The number of nitro benzene ring substituents is 1. The van der Waals surface area contributed by atoms with Gasteiger partial charge in [-0.05, 0) is 42.8 Å². The molecule has 2 aromatic rings. The average Bonchev–Trinajstić information content (AvgIpc) is 2.67. The molecule has 0 heterocycles. The summed E-state index contributed by atoms with van der Waals surface area (Å²) in [7, 11) is 1.48. The topological polar surface area (TPSA) is 108 Å². The molecule has 0 aliphatic rings. The van der Waals surface area contributed by atoms with Gasteiger partial charge in [0.05, 0.1) is 17.7 Å². The quantitative estimate of drug-likeness (QED) is 0.347. The molecule has 1 N–H and O–H groups in total. The molecule has 1 amide bonds. The SMILES string of the molecule is COc1ccccc1NC(=O)[C@H](C)OC(=O)/C=C/c1ccc([N+](=O)[O-])cc1. The number of amides is 1. The summed E-state index contributed by atoms with van der Waals surface area (Å²) in [6.45, 7) is 1.45. The van der Waals surface area contributed by atoms with Crippen molar-refractivity contribution in [2.75, 3.05) is 12.4 Å². The minimum Gasteiger partial charge on any atom is -0.495 e. The number of hydrogen-bond acceptors (Lipinski definition) is 6. The number of anilines is 1. The Morgan fingerprint density at radius 3 is 2.44 bits per heavy atom. The zero-order valence-electron chi connectivity index (χ0n) is 14.7. The van der Waals surface area contributed by atoms with Crippen molar-refractivity contribution in [3.05, 3.63) is 70.3 Å². The van der Waals surface area contributed by atoms with Crippen molar-refractivity contribution in [2.45, 2.75) is 13.0 Å². The molecule has 8 heteroatoms. The van der Waals surface area contributed by atoms with Crippen LogP contribution >= 0.6 is 0 Å². The molecule has 0 unspecified atom stereocenters. The van der Waals surface area contributed by atoms with Gasteiger partial charge in [0.25, 0.3) is 11.6 Å². The van der Waals surface area contributed by atoms with E-state index < -0.39 is 22.9 Å². The molecule has 0 bridgehead atoms. The molecule has 8 nitrogen and oxygen atoms in total. The summed E-state index contributed by atoms with van der Waals surface area (Å²) in [5.74, 6) is -0.727. The van der Waals surface area contributed by atoms with Crippen LogP contribution in [0.5, 0.6) is 5.75 Å². The largest absolute Gasteiger partial charge is 0.495 e. The van der Waals surface area contributed by atoms with Crippen LogP contribution in [0.2, 0.25) is 0 Å². The number of methoxy groups -OCH3 is 1. The van der Waals surface area contributed by atoms with Crippen LogP contribution in [0.15, 0.2) is 54.6 Å². The zero-order valence-corrected chi connectivity index (χ0v) is 14.7. The Balaban J connectivity index is 1.92. The summed E-state index contributed by atoms with van der Waals surface area (Å²) in [5, 5.41) is 13.2. The maximum atomic E-state index is 12.2. The lowest BCUT2D eigenvalue weighted by molar-refractivity contribution is -0.384. The smallest absolute Gasteiger partial charge is 0.331 e. The van der Waals surface area contributed by atoms with Crippen LogP contribution in [-0.4, -0.2) is 30.0 Å². The monoisotopic (exact) mass is 370 g/mol. The van der Waals surface area contributed by atoms with Gasteiger partial charge in [-0.2, -0.15) is 0 Å². The van der Waals surface area contributed by atoms with Gasteiger partial charge in [-0.1, -0.05) is 12.1 Å². The van der Waals surface area contributed by atoms with Crippen LogP contribution in [0.1, 0.15) is 12.5 Å². The number of non-ortho nitro benzene ring substituents is 1. The van der Waals surface area contributed by atoms with E-state index in [4.69, 9.17) is 9.47 Å². The van der Waals surface area contributed by atoms with E-state index in [1.807, 2.05) is 0 Å². The molecule has 140 valence electrons. The van der Waals surface area contributed by atoms with Gasteiger partial charge in [-0.15, -0.1) is 0 Å². The molecule has 0 aromatic heterocycles. The molecule has 2 rings (SSSR count). The van der Waals surface area contributed by atoms with Crippen LogP contribution in [0.3, 0.4) is 0 Å². The summed E-state index contributed by atoms with van der Waals surface area (Å²) >= 11 is 0. The Morgan fingerprint density at radius 2 is 1.81 bits per heavy atom. The van der Waals surface area contributed by atoms with E-state index in [1.54, 1.807) is 24.3 Å². The van der Waals surface area contributed by atoms with E-state index >= 15 is 0 Å². The Bertz CT molecular complexity index is 861. The molecular formula is C19H18N2O6. The molecule has 0 saturated heterocycles. The summed E-state index contributed by atoms with van der Waals surface area (Å²) in [6, 6.07) is 12.5. The van der Waals surface area contributed by atoms with Gasteiger partial charge in [0.15, 0.2) is 6.10 Å². The zero-order chi connectivity index (χ0) is 19.8. The highest BCUT2D eigenvalue weighted by Gasteiger charge is 2.18. The Labute approximate surface area is 155 Å². The van der Waals surface area contributed by atoms with Crippen LogP contribution in [-0.2, 0) is 14.3 Å². The van der Waals surface area contributed by atoms with Gasteiger partial charge in [0, 0.05) is 18.2 Å². The standard InChI is InChI=1S/C19H18N2O6/c1-13(19(23)20-16-5-3-4-6-17(16)26-2)27-18(22)12-9-14-7-10-15(11-8-14)21(24)25/h3-13H,1-2H3,(H,20,23)/b12-9+/t13-/m0/s1. The molecule has 1 atom stereocenters. The van der Waals surface area contributed by atoms with Gasteiger partial charge in [-0.25, -0.2) is 4.79 Å². The van der Waals surface area contributed by atoms with Gasteiger partial charge >= 0.3 is 5.97 Å². The lowest BCUT2D eigenvalue weighted by Gasteiger charge is -2.14. The van der Waals surface area contributed by atoms with E-state index in [-0.39, 0.29) is 5.69 Å². The number of esters is 1. The lowest BCUT2D eigenvalue weighted by atomic mass is 10.2. The second-order valence-corrected chi connectivity index (χ2v) is 5.45. The maximum absolute atomic E-state index is 12.2.